The van der Waals surface area contributed by atoms with Gasteiger partial charge in [0.1, 0.15) is 6.07 Å². The molecule has 0 aliphatic heterocycles. The number of hydrogen-bond acceptors (Lipinski definition) is 3. The monoisotopic (exact) mass is 227 g/mol. The summed E-state index contributed by atoms with van der Waals surface area (Å²) in [5.41, 5.74) is 1.61. The Morgan fingerprint density at radius 3 is 2.41 bits per heavy atom. The molecule has 2 aliphatic rings. The molecule has 0 radical (unpaired) electrons. The minimum atomic E-state index is 0.578. The van der Waals surface area contributed by atoms with Gasteiger partial charge in [0.2, 0.25) is 0 Å². The minimum absolute atomic E-state index is 0.578. The molecule has 3 heteroatoms. The molecule has 0 unspecified atom stereocenters. The summed E-state index contributed by atoms with van der Waals surface area (Å²) in [6.07, 6.45) is 7.10. The number of rotatable bonds is 5. The standard InChI is InChI=1S/C14H17N3/c15-8-13-14(2-1-7-16-13)17(9-11-3-4-11)10-12-5-6-12/h1-2,7,11-12H,3-6,9-10H2. The second-order valence-electron chi connectivity index (χ2n) is 5.27. The summed E-state index contributed by atoms with van der Waals surface area (Å²) in [6, 6.07) is 6.18. The van der Waals surface area contributed by atoms with E-state index in [0.29, 0.717) is 5.69 Å². The van der Waals surface area contributed by atoms with E-state index in [4.69, 9.17) is 5.26 Å². The predicted octanol–water partition coefficient (Wildman–Crippen LogP) is 2.58. The maximum atomic E-state index is 9.13. The van der Waals surface area contributed by atoms with Gasteiger partial charge >= 0.3 is 0 Å². The van der Waals surface area contributed by atoms with E-state index in [2.05, 4.69) is 16.0 Å². The van der Waals surface area contributed by atoms with Gasteiger partial charge in [0.15, 0.2) is 5.69 Å². The van der Waals surface area contributed by atoms with Gasteiger partial charge in [-0.2, -0.15) is 5.26 Å². The van der Waals surface area contributed by atoms with Gasteiger partial charge in [0.05, 0.1) is 5.69 Å². The van der Waals surface area contributed by atoms with Crippen LogP contribution in [0.15, 0.2) is 18.3 Å². The molecule has 88 valence electrons. The van der Waals surface area contributed by atoms with Gasteiger partial charge < -0.3 is 4.90 Å². The fraction of sp³-hybridized carbons (Fsp3) is 0.571. The van der Waals surface area contributed by atoms with E-state index in [1.165, 1.54) is 25.7 Å². The van der Waals surface area contributed by atoms with E-state index in [1.54, 1.807) is 6.20 Å². The topological polar surface area (TPSA) is 39.9 Å². The van der Waals surface area contributed by atoms with E-state index in [-0.39, 0.29) is 0 Å². The van der Waals surface area contributed by atoms with Crippen LogP contribution in [0, 0.1) is 23.2 Å². The van der Waals surface area contributed by atoms with Crippen molar-refractivity contribution < 1.29 is 0 Å². The van der Waals surface area contributed by atoms with Crippen LogP contribution in [0.25, 0.3) is 0 Å². The number of pyridine rings is 1. The number of hydrogen-bond donors (Lipinski definition) is 0. The van der Waals surface area contributed by atoms with Crippen molar-refractivity contribution in [2.24, 2.45) is 11.8 Å². The van der Waals surface area contributed by atoms with Crippen LogP contribution in [0.4, 0.5) is 5.69 Å². The molecular weight excluding hydrogens is 210 g/mol. The Hall–Kier alpha value is -1.56. The van der Waals surface area contributed by atoms with Crippen LogP contribution in [-0.2, 0) is 0 Å². The highest BCUT2D eigenvalue weighted by Crippen LogP contribution is 2.36. The van der Waals surface area contributed by atoms with Crippen molar-refractivity contribution in [1.29, 1.82) is 5.26 Å². The molecule has 1 aromatic heterocycles. The largest absolute Gasteiger partial charge is 0.369 e. The lowest BCUT2D eigenvalue weighted by atomic mass is 10.2. The fourth-order valence-electron chi connectivity index (χ4n) is 2.23. The smallest absolute Gasteiger partial charge is 0.163 e. The second kappa shape index (κ2) is 4.37. The zero-order valence-electron chi connectivity index (χ0n) is 9.97. The van der Waals surface area contributed by atoms with Crippen LogP contribution in [0.1, 0.15) is 31.4 Å². The molecule has 0 spiro atoms. The van der Waals surface area contributed by atoms with E-state index < -0.39 is 0 Å². The highest BCUT2D eigenvalue weighted by Gasteiger charge is 2.30. The Balaban J connectivity index is 1.81. The number of aromatic nitrogens is 1. The molecular formula is C14H17N3. The van der Waals surface area contributed by atoms with Gasteiger partial charge in [0.25, 0.3) is 0 Å². The van der Waals surface area contributed by atoms with Crippen LogP contribution in [0.5, 0.6) is 0 Å². The molecule has 0 atom stereocenters. The Kier molecular flexibility index (Phi) is 2.72. The van der Waals surface area contributed by atoms with Gasteiger partial charge in [-0.15, -0.1) is 0 Å². The average molecular weight is 227 g/mol. The fourth-order valence-corrected chi connectivity index (χ4v) is 2.23. The van der Waals surface area contributed by atoms with E-state index in [1.807, 2.05) is 12.1 Å². The molecule has 3 nitrogen and oxygen atoms in total. The summed E-state index contributed by atoms with van der Waals surface area (Å²) in [7, 11) is 0. The Morgan fingerprint density at radius 2 is 1.88 bits per heavy atom. The summed E-state index contributed by atoms with van der Waals surface area (Å²) in [5, 5.41) is 9.13. The van der Waals surface area contributed by atoms with E-state index in [9.17, 15) is 0 Å². The minimum Gasteiger partial charge on any atom is -0.369 e. The van der Waals surface area contributed by atoms with Crippen molar-refractivity contribution in [2.75, 3.05) is 18.0 Å². The average Bonchev–Trinajstić information content (AvgIpc) is 3.23. The van der Waals surface area contributed by atoms with Crippen molar-refractivity contribution in [3.05, 3.63) is 24.0 Å². The normalized spacial score (nSPS) is 18.8. The quantitative estimate of drug-likeness (QED) is 0.776. The van der Waals surface area contributed by atoms with E-state index >= 15 is 0 Å². The van der Waals surface area contributed by atoms with Crippen LogP contribution in [0.3, 0.4) is 0 Å². The van der Waals surface area contributed by atoms with Crippen molar-refractivity contribution in [2.45, 2.75) is 25.7 Å². The number of nitrogens with zero attached hydrogens (tertiary/aromatic N) is 3. The lowest BCUT2D eigenvalue weighted by Crippen LogP contribution is -2.29. The SMILES string of the molecule is N#Cc1ncccc1N(CC1CC1)CC1CC1. The molecule has 1 aromatic rings. The van der Waals surface area contributed by atoms with E-state index in [0.717, 1.165) is 30.6 Å². The van der Waals surface area contributed by atoms with Crippen molar-refractivity contribution in [1.82, 2.24) is 4.98 Å². The zero-order chi connectivity index (χ0) is 11.7. The summed E-state index contributed by atoms with van der Waals surface area (Å²) in [4.78, 5) is 6.56. The van der Waals surface area contributed by atoms with Crippen LogP contribution < -0.4 is 4.90 Å². The van der Waals surface area contributed by atoms with Gasteiger partial charge in [-0.25, -0.2) is 4.98 Å². The third-order valence-corrected chi connectivity index (χ3v) is 3.58. The molecule has 0 aromatic carbocycles. The van der Waals surface area contributed by atoms with Gasteiger partial charge in [-0.1, -0.05) is 0 Å². The van der Waals surface area contributed by atoms with Crippen LogP contribution in [-0.4, -0.2) is 18.1 Å². The van der Waals surface area contributed by atoms with Crippen molar-refractivity contribution >= 4 is 5.69 Å². The third-order valence-electron chi connectivity index (χ3n) is 3.58. The molecule has 2 fully saturated rings. The zero-order valence-corrected chi connectivity index (χ0v) is 9.97. The predicted molar refractivity (Wildman–Crippen MR) is 66.6 cm³/mol. The number of nitriles is 1. The second-order valence-corrected chi connectivity index (χ2v) is 5.27. The first-order valence-corrected chi connectivity index (χ1v) is 6.47. The Morgan fingerprint density at radius 1 is 1.24 bits per heavy atom. The molecule has 0 amide bonds. The van der Waals surface area contributed by atoms with Gasteiger partial charge in [-0.05, 0) is 49.7 Å². The maximum absolute atomic E-state index is 9.13. The molecule has 0 bridgehead atoms. The lowest BCUT2D eigenvalue weighted by molar-refractivity contribution is 0.677. The molecule has 17 heavy (non-hydrogen) atoms. The first kappa shape index (κ1) is 10.6. The summed E-state index contributed by atoms with van der Waals surface area (Å²) < 4.78 is 0. The Labute approximate surface area is 102 Å². The first-order valence-electron chi connectivity index (χ1n) is 6.47. The Bertz CT molecular complexity index is 427. The first-order chi connectivity index (χ1) is 8.36. The van der Waals surface area contributed by atoms with Crippen LogP contribution in [0.2, 0.25) is 0 Å². The summed E-state index contributed by atoms with van der Waals surface area (Å²) in [5.74, 6) is 1.70. The molecule has 3 rings (SSSR count). The van der Waals surface area contributed by atoms with Crippen LogP contribution >= 0.6 is 0 Å². The van der Waals surface area contributed by atoms with Gasteiger partial charge in [-0.3, -0.25) is 0 Å². The molecule has 1 heterocycles. The third kappa shape index (κ3) is 2.58. The number of anilines is 1. The highest BCUT2D eigenvalue weighted by atomic mass is 15.1. The summed E-state index contributed by atoms with van der Waals surface area (Å²) >= 11 is 0. The van der Waals surface area contributed by atoms with Crippen molar-refractivity contribution in [3.8, 4) is 6.07 Å². The molecule has 2 saturated carbocycles. The molecule has 0 saturated heterocycles. The van der Waals surface area contributed by atoms with Crippen molar-refractivity contribution in [3.63, 3.8) is 0 Å². The molecule has 0 N–H and O–H groups in total. The molecule has 2 aliphatic carbocycles. The lowest BCUT2D eigenvalue weighted by Gasteiger charge is -2.25. The highest BCUT2D eigenvalue weighted by molar-refractivity contribution is 5.56. The van der Waals surface area contributed by atoms with Gasteiger partial charge in [0, 0.05) is 19.3 Å². The summed E-state index contributed by atoms with van der Waals surface area (Å²) in [6.45, 7) is 2.22. The maximum Gasteiger partial charge on any atom is 0.163 e.